The molecule has 1 atom stereocenters. The SMILES string of the molecule is CNc1nc(NCC(C)SC)nc(-n2cccn2)n1. The number of hydrogen-bond acceptors (Lipinski definition) is 7. The molecule has 2 aromatic heterocycles. The van der Waals surface area contributed by atoms with Crippen molar-refractivity contribution >= 4 is 23.7 Å². The van der Waals surface area contributed by atoms with Gasteiger partial charge in [-0.1, -0.05) is 6.92 Å². The Morgan fingerprint density at radius 2 is 2.11 bits per heavy atom. The molecule has 7 nitrogen and oxygen atoms in total. The third kappa shape index (κ3) is 3.57. The van der Waals surface area contributed by atoms with Gasteiger partial charge < -0.3 is 10.6 Å². The summed E-state index contributed by atoms with van der Waals surface area (Å²) >= 11 is 1.79. The van der Waals surface area contributed by atoms with E-state index in [0.717, 1.165) is 6.54 Å². The predicted molar refractivity (Wildman–Crippen MR) is 78.0 cm³/mol. The summed E-state index contributed by atoms with van der Waals surface area (Å²) in [5.41, 5.74) is 0. The Morgan fingerprint density at radius 1 is 1.32 bits per heavy atom. The minimum Gasteiger partial charge on any atom is -0.357 e. The maximum atomic E-state index is 4.35. The first-order valence-electron chi connectivity index (χ1n) is 5.93. The average Bonchev–Trinajstić information content (AvgIpc) is 2.98. The first kappa shape index (κ1) is 13.6. The van der Waals surface area contributed by atoms with Gasteiger partial charge in [-0.3, -0.25) is 0 Å². The van der Waals surface area contributed by atoms with Gasteiger partial charge in [0.15, 0.2) is 0 Å². The van der Waals surface area contributed by atoms with E-state index >= 15 is 0 Å². The second-order valence-electron chi connectivity index (χ2n) is 3.91. The number of nitrogens with one attached hydrogen (secondary N) is 2. The highest BCUT2D eigenvalue weighted by Crippen LogP contribution is 2.10. The first-order valence-corrected chi connectivity index (χ1v) is 7.22. The minimum atomic E-state index is 0.489. The van der Waals surface area contributed by atoms with Crippen molar-refractivity contribution in [2.45, 2.75) is 12.2 Å². The molecule has 19 heavy (non-hydrogen) atoms. The van der Waals surface area contributed by atoms with Crippen molar-refractivity contribution in [3.63, 3.8) is 0 Å². The molecule has 0 spiro atoms. The lowest BCUT2D eigenvalue weighted by Gasteiger charge is -2.11. The first-order chi connectivity index (χ1) is 9.22. The summed E-state index contributed by atoms with van der Waals surface area (Å²) in [7, 11) is 1.77. The molecule has 0 aliphatic heterocycles. The van der Waals surface area contributed by atoms with Crippen LogP contribution in [0.25, 0.3) is 5.95 Å². The molecule has 0 aromatic carbocycles. The minimum absolute atomic E-state index is 0.489. The standard InChI is InChI=1S/C11H17N7S/c1-8(19-3)7-13-10-15-9(12-2)16-11(17-10)18-6-4-5-14-18/h4-6,8H,7H2,1-3H3,(H2,12,13,15,16,17). The summed E-state index contributed by atoms with van der Waals surface area (Å²) in [6, 6.07) is 1.83. The molecule has 0 aliphatic carbocycles. The van der Waals surface area contributed by atoms with Crippen LogP contribution in [0.4, 0.5) is 11.9 Å². The number of nitrogens with zero attached hydrogens (tertiary/aromatic N) is 5. The summed E-state index contributed by atoms with van der Waals surface area (Å²) in [6.45, 7) is 2.94. The largest absolute Gasteiger partial charge is 0.357 e. The third-order valence-corrected chi connectivity index (χ3v) is 3.48. The van der Waals surface area contributed by atoms with Crippen molar-refractivity contribution in [1.82, 2.24) is 24.7 Å². The lowest BCUT2D eigenvalue weighted by Crippen LogP contribution is -2.17. The van der Waals surface area contributed by atoms with Gasteiger partial charge in [0.25, 0.3) is 5.95 Å². The molecule has 0 saturated carbocycles. The maximum Gasteiger partial charge on any atom is 0.257 e. The number of anilines is 2. The smallest absolute Gasteiger partial charge is 0.257 e. The number of aromatic nitrogens is 5. The Kier molecular flexibility index (Phi) is 4.56. The second kappa shape index (κ2) is 6.37. The van der Waals surface area contributed by atoms with Gasteiger partial charge in [0.05, 0.1) is 0 Å². The van der Waals surface area contributed by atoms with Crippen LogP contribution in [0.1, 0.15) is 6.92 Å². The van der Waals surface area contributed by atoms with E-state index < -0.39 is 0 Å². The van der Waals surface area contributed by atoms with Crippen LogP contribution in [0.3, 0.4) is 0 Å². The molecular formula is C11H17N7S. The third-order valence-electron chi connectivity index (χ3n) is 2.51. The number of hydrogen-bond donors (Lipinski definition) is 2. The van der Waals surface area contributed by atoms with Crippen molar-refractivity contribution in [2.75, 3.05) is 30.5 Å². The molecule has 102 valence electrons. The topological polar surface area (TPSA) is 80.5 Å². The summed E-state index contributed by atoms with van der Waals surface area (Å²) in [4.78, 5) is 12.9. The summed E-state index contributed by atoms with van der Waals surface area (Å²) in [5.74, 6) is 1.55. The van der Waals surface area contributed by atoms with Crippen molar-refractivity contribution in [1.29, 1.82) is 0 Å². The van der Waals surface area contributed by atoms with Gasteiger partial charge in [-0.25, -0.2) is 4.68 Å². The van der Waals surface area contributed by atoms with Crippen LogP contribution < -0.4 is 10.6 Å². The normalized spacial score (nSPS) is 12.2. The molecule has 0 amide bonds. The molecule has 2 N–H and O–H groups in total. The van der Waals surface area contributed by atoms with Gasteiger partial charge in [0.2, 0.25) is 11.9 Å². The fourth-order valence-electron chi connectivity index (χ4n) is 1.36. The fourth-order valence-corrected chi connectivity index (χ4v) is 1.61. The monoisotopic (exact) mass is 279 g/mol. The molecule has 0 bridgehead atoms. The van der Waals surface area contributed by atoms with Gasteiger partial charge >= 0.3 is 0 Å². The Bertz CT molecular complexity index is 514. The number of thioether (sulfide) groups is 1. The van der Waals surface area contributed by atoms with E-state index in [2.05, 4.69) is 43.9 Å². The maximum absolute atomic E-state index is 4.35. The van der Waals surface area contributed by atoms with E-state index in [0.29, 0.717) is 23.1 Å². The van der Waals surface area contributed by atoms with Crippen LogP contribution in [0.2, 0.25) is 0 Å². The molecule has 0 radical (unpaired) electrons. The molecule has 0 saturated heterocycles. The zero-order valence-corrected chi connectivity index (χ0v) is 12.0. The lowest BCUT2D eigenvalue weighted by atomic mass is 10.5. The van der Waals surface area contributed by atoms with Crippen molar-refractivity contribution < 1.29 is 0 Å². The zero-order chi connectivity index (χ0) is 13.7. The molecular weight excluding hydrogens is 262 g/mol. The predicted octanol–water partition coefficient (Wildman–Crippen LogP) is 1.26. The van der Waals surface area contributed by atoms with Gasteiger partial charge in [-0.15, -0.1) is 0 Å². The molecule has 0 aliphatic rings. The van der Waals surface area contributed by atoms with Crippen molar-refractivity contribution in [2.24, 2.45) is 0 Å². The highest BCUT2D eigenvalue weighted by molar-refractivity contribution is 7.99. The summed E-state index contributed by atoms with van der Waals surface area (Å²) < 4.78 is 1.60. The van der Waals surface area contributed by atoms with Crippen molar-refractivity contribution in [3.8, 4) is 5.95 Å². The second-order valence-corrected chi connectivity index (χ2v) is 5.19. The quantitative estimate of drug-likeness (QED) is 0.824. The van der Waals surface area contributed by atoms with Gasteiger partial charge in [-0.05, 0) is 12.3 Å². The Morgan fingerprint density at radius 3 is 2.74 bits per heavy atom. The fraction of sp³-hybridized carbons (Fsp3) is 0.455. The van der Waals surface area contributed by atoms with Crippen LogP contribution in [0.5, 0.6) is 0 Å². The Hall–Kier alpha value is -1.83. The molecule has 2 heterocycles. The average molecular weight is 279 g/mol. The number of rotatable bonds is 6. The van der Waals surface area contributed by atoms with Gasteiger partial charge in [0, 0.05) is 31.2 Å². The van der Waals surface area contributed by atoms with E-state index in [1.165, 1.54) is 0 Å². The van der Waals surface area contributed by atoms with Crippen molar-refractivity contribution in [3.05, 3.63) is 18.5 Å². The van der Waals surface area contributed by atoms with E-state index in [1.807, 2.05) is 6.07 Å². The molecule has 2 aromatic rings. The van der Waals surface area contributed by atoms with E-state index in [9.17, 15) is 0 Å². The summed E-state index contributed by atoms with van der Waals surface area (Å²) in [5, 5.41) is 10.7. The van der Waals surface area contributed by atoms with E-state index in [1.54, 1.807) is 35.9 Å². The zero-order valence-electron chi connectivity index (χ0n) is 11.2. The van der Waals surface area contributed by atoms with Crippen LogP contribution in [0, 0.1) is 0 Å². The molecule has 1 unspecified atom stereocenters. The van der Waals surface area contributed by atoms with Gasteiger partial charge in [0.1, 0.15) is 0 Å². The Balaban J connectivity index is 2.21. The van der Waals surface area contributed by atoms with Crippen LogP contribution >= 0.6 is 11.8 Å². The van der Waals surface area contributed by atoms with Crippen LogP contribution in [-0.2, 0) is 0 Å². The highest BCUT2D eigenvalue weighted by Gasteiger charge is 2.08. The highest BCUT2D eigenvalue weighted by atomic mass is 32.2. The van der Waals surface area contributed by atoms with Gasteiger partial charge in [-0.2, -0.15) is 31.8 Å². The lowest BCUT2D eigenvalue weighted by molar-refractivity contribution is 0.796. The van der Waals surface area contributed by atoms with Crippen LogP contribution in [-0.4, -0.2) is 49.8 Å². The molecule has 2 rings (SSSR count). The van der Waals surface area contributed by atoms with E-state index in [-0.39, 0.29) is 0 Å². The molecule has 8 heteroatoms. The Labute approximate surface area is 116 Å². The van der Waals surface area contributed by atoms with E-state index in [4.69, 9.17) is 0 Å². The van der Waals surface area contributed by atoms with Crippen LogP contribution in [0.15, 0.2) is 18.5 Å². The molecule has 0 fully saturated rings. The summed E-state index contributed by atoms with van der Waals surface area (Å²) in [6.07, 6.45) is 5.56.